The molecule has 1 aromatic rings. The molecule has 1 rings (SSSR count). The number of anilines is 1. The van der Waals surface area contributed by atoms with Crippen LogP contribution in [0.2, 0.25) is 0 Å². The van der Waals surface area contributed by atoms with Crippen LogP contribution >= 0.6 is 0 Å². The Kier molecular flexibility index (Phi) is 5.71. The SMILES string of the molecule is COC(=O)CCNC(=O)Nc1cc(C)c(C)c(C(=O)O)c1. The number of nitrogens with one attached hydrogen (secondary N) is 2. The summed E-state index contributed by atoms with van der Waals surface area (Å²) in [6.07, 6.45) is 0.0667. The monoisotopic (exact) mass is 294 g/mol. The molecule has 114 valence electrons. The zero-order chi connectivity index (χ0) is 16.0. The normalized spacial score (nSPS) is 9.86. The van der Waals surface area contributed by atoms with Crippen LogP contribution in [0, 0.1) is 13.8 Å². The van der Waals surface area contributed by atoms with Crippen LogP contribution in [0.15, 0.2) is 12.1 Å². The number of amides is 2. The van der Waals surface area contributed by atoms with E-state index in [4.69, 9.17) is 5.11 Å². The topological polar surface area (TPSA) is 105 Å². The average Bonchev–Trinajstić information content (AvgIpc) is 2.42. The minimum Gasteiger partial charge on any atom is -0.478 e. The van der Waals surface area contributed by atoms with E-state index >= 15 is 0 Å². The molecule has 0 atom stereocenters. The molecule has 0 saturated heterocycles. The maximum atomic E-state index is 11.6. The first kappa shape index (κ1) is 16.5. The lowest BCUT2D eigenvalue weighted by Crippen LogP contribution is -2.30. The summed E-state index contributed by atoms with van der Waals surface area (Å²) in [5.41, 5.74) is 1.94. The van der Waals surface area contributed by atoms with Gasteiger partial charge < -0.3 is 20.5 Å². The number of benzene rings is 1. The van der Waals surface area contributed by atoms with Crippen molar-refractivity contribution < 1.29 is 24.2 Å². The van der Waals surface area contributed by atoms with Crippen molar-refractivity contribution in [2.45, 2.75) is 20.3 Å². The summed E-state index contributed by atoms with van der Waals surface area (Å²) >= 11 is 0. The molecular formula is C14H18N2O5. The van der Waals surface area contributed by atoms with E-state index in [9.17, 15) is 14.4 Å². The minimum atomic E-state index is -1.05. The fourth-order valence-electron chi connectivity index (χ4n) is 1.71. The number of carboxylic acid groups (broad SMARTS) is 1. The average molecular weight is 294 g/mol. The predicted octanol–water partition coefficient (Wildman–Crippen LogP) is 1.69. The Hall–Kier alpha value is -2.57. The second-order valence-corrected chi connectivity index (χ2v) is 4.48. The number of carbonyl (C=O) groups excluding carboxylic acids is 2. The lowest BCUT2D eigenvalue weighted by molar-refractivity contribution is -0.140. The van der Waals surface area contributed by atoms with Crippen LogP contribution in [0.4, 0.5) is 10.5 Å². The molecule has 1 aromatic carbocycles. The van der Waals surface area contributed by atoms with E-state index in [2.05, 4.69) is 15.4 Å². The zero-order valence-electron chi connectivity index (χ0n) is 12.1. The molecule has 0 heterocycles. The molecule has 0 aliphatic carbocycles. The first-order valence-electron chi connectivity index (χ1n) is 6.31. The summed E-state index contributed by atoms with van der Waals surface area (Å²) in [6.45, 7) is 3.61. The Morgan fingerprint density at radius 2 is 1.90 bits per heavy atom. The molecule has 3 N–H and O–H groups in total. The van der Waals surface area contributed by atoms with Crippen LogP contribution in [-0.2, 0) is 9.53 Å². The highest BCUT2D eigenvalue weighted by atomic mass is 16.5. The summed E-state index contributed by atoms with van der Waals surface area (Å²) in [6, 6.07) is 2.56. The van der Waals surface area contributed by atoms with Gasteiger partial charge >= 0.3 is 18.0 Å². The number of methoxy groups -OCH3 is 1. The molecule has 0 aliphatic rings. The molecule has 0 aliphatic heterocycles. The van der Waals surface area contributed by atoms with Crippen molar-refractivity contribution in [1.82, 2.24) is 5.32 Å². The van der Waals surface area contributed by atoms with E-state index in [1.54, 1.807) is 19.9 Å². The van der Waals surface area contributed by atoms with Gasteiger partial charge in [0, 0.05) is 12.2 Å². The maximum absolute atomic E-state index is 11.6. The van der Waals surface area contributed by atoms with Gasteiger partial charge in [0.05, 0.1) is 19.1 Å². The van der Waals surface area contributed by atoms with Gasteiger partial charge in [0.1, 0.15) is 0 Å². The predicted molar refractivity (Wildman–Crippen MR) is 76.5 cm³/mol. The molecule has 7 heteroatoms. The quantitative estimate of drug-likeness (QED) is 0.717. The lowest BCUT2D eigenvalue weighted by atomic mass is 10.0. The third-order valence-electron chi connectivity index (χ3n) is 3.00. The van der Waals surface area contributed by atoms with Crippen LogP contribution in [0.5, 0.6) is 0 Å². The van der Waals surface area contributed by atoms with Crippen LogP contribution in [-0.4, -0.2) is 36.7 Å². The number of urea groups is 1. The Morgan fingerprint density at radius 1 is 1.24 bits per heavy atom. The van der Waals surface area contributed by atoms with Gasteiger partial charge in [0.2, 0.25) is 0 Å². The third kappa shape index (κ3) is 4.79. The van der Waals surface area contributed by atoms with Crippen molar-refractivity contribution in [3.05, 3.63) is 28.8 Å². The second-order valence-electron chi connectivity index (χ2n) is 4.48. The van der Waals surface area contributed by atoms with Crippen LogP contribution in [0.3, 0.4) is 0 Å². The fraction of sp³-hybridized carbons (Fsp3) is 0.357. The number of carboxylic acids is 1. The van der Waals surface area contributed by atoms with E-state index in [1.807, 2.05) is 0 Å². The van der Waals surface area contributed by atoms with Crippen molar-refractivity contribution >= 4 is 23.7 Å². The standard InChI is InChI=1S/C14H18N2O5/c1-8-6-10(7-11(9(8)2)13(18)19)16-14(20)15-5-4-12(17)21-3/h6-7H,4-5H2,1-3H3,(H,18,19)(H2,15,16,20). The first-order valence-corrected chi connectivity index (χ1v) is 6.31. The molecule has 2 amide bonds. The molecule has 0 fully saturated rings. The summed E-state index contributed by atoms with van der Waals surface area (Å²) in [5.74, 6) is -1.47. The molecule has 21 heavy (non-hydrogen) atoms. The molecule has 0 aromatic heterocycles. The molecule has 0 unspecified atom stereocenters. The number of hydrogen-bond acceptors (Lipinski definition) is 4. The second kappa shape index (κ2) is 7.28. The number of rotatable bonds is 5. The van der Waals surface area contributed by atoms with Gasteiger partial charge in [-0.05, 0) is 37.1 Å². The van der Waals surface area contributed by atoms with Gasteiger partial charge in [-0.25, -0.2) is 9.59 Å². The van der Waals surface area contributed by atoms with Crippen molar-refractivity contribution in [2.24, 2.45) is 0 Å². The Labute approximate surface area is 122 Å². The smallest absolute Gasteiger partial charge is 0.336 e. The van der Waals surface area contributed by atoms with E-state index < -0.39 is 18.0 Å². The number of aromatic carboxylic acids is 1. The first-order chi connectivity index (χ1) is 9.85. The molecule has 7 nitrogen and oxygen atoms in total. The van der Waals surface area contributed by atoms with Gasteiger partial charge in [0.25, 0.3) is 0 Å². The van der Waals surface area contributed by atoms with Crippen molar-refractivity contribution in [2.75, 3.05) is 19.0 Å². The largest absolute Gasteiger partial charge is 0.478 e. The summed E-state index contributed by atoms with van der Waals surface area (Å²) in [7, 11) is 1.27. The van der Waals surface area contributed by atoms with E-state index in [0.717, 1.165) is 5.56 Å². The van der Waals surface area contributed by atoms with Crippen LogP contribution < -0.4 is 10.6 Å². The highest BCUT2D eigenvalue weighted by Crippen LogP contribution is 2.20. The Balaban J connectivity index is 2.68. The van der Waals surface area contributed by atoms with Crippen LogP contribution in [0.1, 0.15) is 27.9 Å². The van der Waals surface area contributed by atoms with Crippen molar-refractivity contribution in [3.8, 4) is 0 Å². The summed E-state index contributed by atoms with van der Waals surface area (Å²) < 4.78 is 4.45. The van der Waals surface area contributed by atoms with Crippen LogP contribution in [0.25, 0.3) is 0 Å². The lowest BCUT2D eigenvalue weighted by Gasteiger charge is -2.11. The highest BCUT2D eigenvalue weighted by Gasteiger charge is 2.12. The Morgan fingerprint density at radius 3 is 2.48 bits per heavy atom. The molecule has 0 saturated carbocycles. The maximum Gasteiger partial charge on any atom is 0.336 e. The van der Waals surface area contributed by atoms with Gasteiger partial charge in [-0.15, -0.1) is 0 Å². The molecule has 0 bridgehead atoms. The van der Waals surface area contributed by atoms with Gasteiger partial charge in [0.15, 0.2) is 0 Å². The van der Waals surface area contributed by atoms with E-state index in [-0.39, 0.29) is 18.5 Å². The molecule has 0 radical (unpaired) electrons. The van der Waals surface area contributed by atoms with E-state index in [1.165, 1.54) is 13.2 Å². The number of hydrogen-bond donors (Lipinski definition) is 3. The highest BCUT2D eigenvalue weighted by molar-refractivity contribution is 5.94. The summed E-state index contributed by atoms with van der Waals surface area (Å²) in [5, 5.41) is 14.1. The molecule has 0 spiro atoms. The zero-order valence-corrected chi connectivity index (χ0v) is 12.1. The van der Waals surface area contributed by atoms with Gasteiger partial charge in [-0.2, -0.15) is 0 Å². The number of aryl methyl sites for hydroxylation is 1. The van der Waals surface area contributed by atoms with Crippen molar-refractivity contribution in [3.63, 3.8) is 0 Å². The minimum absolute atomic E-state index is 0.0667. The summed E-state index contributed by atoms with van der Waals surface area (Å²) in [4.78, 5) is 33.6. The number of esters is 1. The van der Waals surface area contributed by atoms with Gasteiger partial charge in [-0.1, -0.05) is 0 Å². The van der Waals surface area contributed by atoms with Crippen molar-refractivity contribution in [1.29, 1.82) is 0 Å². The fourth-order valence-corrected chi connectivity index (χ4v) is 1.71. The third-order valence-corrected chi connectivity index (χ3v) is 3.00. The Bertz CT molecular complexity index is 569. The number of carbonyl (C=O) groups is 3. The van der Waals surface area contributed by atoms with Gasteiger partial charge in [-0.3, -0.25) is 4.79 Å². The number of ether oxygens (including phenoxy) is 1. The molecular weight excluding hydrogens is 276 g/mol. The van der Waals surface area contributed by atoms with E-state index in [0.29, 0.717) is 11.3 Å².